The zero-order valence-corrected chi connectivity index (χ0v) is 15.8. The third kappa shape index (κ3) is 3.66. The van der Waals surface area contributed by atoms with Crippen LogP contribution >= 0.6 is 0 Å². The van der Waals surface area contributed by atoms with Crippen LogP contribution in [0, 0.1) is 22.0 Å². The van der Waals surface area contributed by atoms with E-state index in [1.165, 1.54) is 0 Å². The average molecular weight is 386 g/mol. The van der Waals surface area contributed by atoms with Gasteiger partial charge in [-0.3, -0.25) is 25.1 Å². The minimum Gasteiger partial charge on any atom is -0.341 e. The lowest BCUT2D eigenvalue weighted by molar-refractivity contribution is -0.528. The Bertz CT molecular complexity index is 748. The van der Waals surface area contributed by atoms with Crippen molar-refractivity contribution in [1.29, 1.82) is 0 Å². The molecule has 4 unspecified atom stereocenters. The maximum Gasteiger partial charge on any atom is 0.241 e. The molecule has 1 aliphatic carbocycles. The van der Waals surface area contributed by atoms with Crippen molar-refractivity contribution in [2.75, 3.05) is 13.1 Å². The van der Waals surface area contributed by atoms with Crippen molar-refractivity contribution >= 4 is 11.7 Å². The van der Waals surface area contributed by atoms with E-state index in [0.717, 1.165) is 5.56 Å². The lowest BCUT2D eigenvalue weighted by Gasteiger charge is -2.35. The van der Waals surface area contributed by atoms with E-state index in [1.54, 1.807) is 0 Å². The molecule has 8 nitrogen and oxygen atoms in total. The molecule has 0 spiro atoms. The van der Waals surface area contributed by atoms with Gasteiger partial charge in [-0.05, 0) is 19.3 Å². The van der Waals surface area contributed by atoms with E-state index in [4.69, 9.17) is 0 Å². The van der Waals surface area contributed by atoms with Gasteiger partial charge in [-0.2, -0.15) is 0 Å². The predicted octanol–water partition coefficient (Wildman–Crippen LogP) is 1.40. The number of nitrogens with one attached hydrogen (secondary N) is 2. The number of amides is 1. The maximum atomic E-state index is 13.0. The summed E-state index contributed by atoms with van der Waals surface area (Å²) in [5.41, 5.74) is 6.97. The summed E-state index contributed by atoms with van der Waals surface area (Å²) in [6, 6.07) is 8.42. The SMILES string of the molecule is O=C(c1ccccc1)C1CCN(C(=O)C2NNC3CCC([N+](=O)[O-])CC32)CC1. The highest BCUT2D eigenvalue weighted by atomic mass is 16.6. The first kappa shape index (κ1) is 19.0. The lowest BCUT2D eigenvalue weighted by Crippen LogP contribution is -2.51. The molecule has 1 saturated carbocycles. The molecule has 2 aliphatic heterocycles. The van der Waals surface area contributed by atoms with E-state index < -0.39 is 12.1 Å². The number of fused-ring (bicyclic) bond motifs is 1. The molecule has 28 heavy (non-hydrogen) atoms. The third-order valence-electron chi connectivity index (χ3n) is 6.52. The molecular weight excluding hydrogens is 360 g/mol. The Morgan fingerprint density at radius 3 is 2.43 bits per heavy atom. The summed E-state index contributed by atoms with van der Waals surface area (Å²) in [6.45, 7) is 1.10. The molecule has 4 rings (SSSR count). The fourth-order valence-corrected chi connectivity index (χ4v) is 4.87. The van der Waals surface area contributed by atoms with Gasteiger partial charge in [0.05, 0.1) is 0 Å². The summed E-state index contributed by atoms with van der Waals surface area (Å²) in [6.07, 6.45) is 3.00. The summed E-state index contributed by atoms with van der Waals surface area (Å²) in [7, 11) is 0. The number of ketones is 1. The molecule has 1 aromatic carbocycles. The predicted molar refractivity (Wildman–Crippen MR) is 102 cm³/mol. The van der Waals surface area contributed by atoms with Crippen molar-refractivity contribution in [3.63, 3.8) is 0 Å². The highest BCUT2D eigenvalue weighted by molar-refractivity contribution is 5.98. The molecular formula is C20H26N4O4. The van der Waals surface area contributed by atoms with E-state index in [0.29, 0.717) is 45.2 Å². The summed E-state index contributed by atoms with van der Waals surface area (Å²) in [5, 5.41) is 11.2. The van der Waals surface area contributed by atoms with Crippen molar-refractivity contribution in [2.45, 2.75) is 50.2 Å². The summed E-state index contributed by atoms with van der Waals surface area (Å²) >= 11 is 0. The number of Topliss-reactive ketones (excluding diaryl/α,β-unsaturated/α-hetero) is 1. The van der Waals surface area contributed by atoms with Crippen molar-refractivity contribution in [3.05, 3.63) is 46.0 Å². The monoisotopic (exact) mass is 386 g/mol. The molecule has 0 aromatic heterocycles. The van der Waals surface area contributed by atoms with E-state index >= 15 is 0 Å². The van der Waals surface area contributed by atoms with Crippen LogP contribution in [-0.2, 0) is 4.79 Å². The second kappa shape index (κ2) is 7.97. The highest BCUT2D eigenvalue weighted by Crippen LogP contribution is 2.33. The van der Waals surface area contributed by atoms with Gasteiger partial charge in [-0.25, -0.2) is 5.43 Å². The molecule has 2 heterocycles. The molecule has 0 radical (unpaired) electrons. The normalized spacial score (nSPS) is 30.6. The second-order valence-electron chi connectivity index (χ2n) is 8.12. The minimum atomic E-state index is -0.563. The number of benzene rings is 1. The Labute approximate surface area is 163 Å². The largest absolute Gasteiger partial charge is 0.341 e. The van der Waals surface area contributed by atoms with Crippen LogP contribution in [0.5, 0.6) is 0 Å². The van der Waals surface area contributed by atoms with E-state index in [9.17, 15) is 19.7 Å². The number of nitro groups is 1. The topological polar surface area (TPSA) is 105 Å². The molecule has 150 valence electrons. The number of hydrogen-bond acceptors (Lipinski definition) is 6. The van der Waals surface area contributed by atoms with Gasteiger partial charge in [0.1, 0.15) is 6.04 Å². The minimum absolute atomic E-state index is 0.00499. The van der Waals surface area contributed by atoms with Crippen LogP contribution in [0.3, 0.4) is 0 Å². The zero-order chi connectivity index (χ0) is 19.7. The first-order valence-electron chi connectivity index (χ1n) is 10.1. The smallest absolute Gasteiger partial charge is 0.241 e. The zero-order valence-electron chi connectivity index (χ0n) is 15.8. The van der Waals surface area contributed by atoms with Crippen LogP contribution in [0.25, 0.3) is 0 Å². The van der Waals surface area contributed by atoms with Crippen LogP contribution in [0.15, 0.2) is 30.3 Å². The number of likely N-dealkylation sites (tertiary alicyclic amines) is 1. The van der Waals surface area contributed by atoms with Crippen LogP contribution in [0.1, 0.15) is 42.5 Å². The van der Waals surface area contributed by atoms with Gasteiger partial charge in [-0.15, -0.1) is 0 Å². The van der Waals surface area contributed by atoms with Gasteiger partial charge in [-0.1, -0.05) is 30.3 Å². The number of hydrazine groups is 1. The molecule has 2 saturated heterocycles. The number of carbonyl (C=O) groups excluding carboxylic acids is 2. The molecule has 4 atom stereocenters. The number of piperidine rings is 1. The number of hydrogen-bond donors (Lipinski definition) is 2. The fraction of sp³-hybridized carbons (Fsp3) is 0.600. The Kier molecular flexibility index (Phi) is 5.41. The summed E-state index contributed by atoms with van der Waals surface area (Å²) in [4.78, 5) is 38.5. The molecule has 2 N–H and O–H groups in total. The van der Waals surface area contributed by atoms with Gasteiger partial charge >= 0.3 is 0 Å². The molecule has 1 amide bonds. The van der Waals surface area contributed by atoms with Crippen LogP contribution < -0.4 is 10.9 Å². The molecule has 1 aromatic rings. The van der Waals surface area contributed by atoms with Crippen molar-refractivity contribution in [2.24, 2.45) is 11.8 Å². The van der Waals surface area contributed by atoms with Gasteiger partial charge in [0, 0.05) is 54.3 Å². The van der Waals surface area contributed by atoms with Gasteiger partial charge in [0.2, 0.25) is 11.9 Å². The Morgan fingerprint density at radius 2 is 1.75 bits per heavy atom. The summed E-state index contributed by atoms with van der Waals surface area (Å²) in [5.74, 6) is 0.0341. The van der Waals surface area contributed by atoms with Crippen molar-refractivity contribution < 1.29 is 14.5 Å². The van der Waals surface area contributed by atoms with Crippen LogP contribution in [0.4, 0.5) is 0 Å². The fourth-order valence-electron chi connectivity index (χ4n) is 4.87. The quantitative estimate of drug-likeness (QED) is 0.460. The van der Waals surface area contributed by atoms with E-state index in [-0.39, 0.29) is 34.5 Å². The maximum absolute atomic E-state index is 13.0. The van der Waals surface area contributed by atoms with Gasteiger partial charge in [0.15, 0.2) is 5.78 Å². The van der Waals surface area contributed by atoms with E-state index in [2.05, 4.69) is 10.9 Å². The second-order valence-corrected chi connectivity index (χ2v) is 8.12. The van der Waals surface area contributed by atoms with Gasteiger partial charge < -0.3 is 4.90 Å². The van der Waals surface area contributed by atoms with Crippen LogP contribution in [0.2, 0.25) is 0 Å². The Balaban J connectivity index is 1.35. The van der Waals surface area contributed by atoms with E-state index in [1.807, 2.05) is 35.2 Å². The first-order chi connectivity index (χ1) is 13.5. The van der Waals surface area contributed by atoms with Gasteiger partial charge in [0.25, 0.3) is 0 Å². The van der Waals surface area contributed by atoms with Crippen LogP contribution in [-0.4, -0.2) is 52.7 Å². The molecule has 8 heteroatoms. The van der Waals surface area contributed by atoms with Crippen molar-refractivity contribution in [3.8, 4) is 0 Å². The number of nitrogens with zero attached hydrogens (tertiary/aromatic N) is 2. The standard InChI is InChI=1S/C20H26N4O4/c25-19(13-4-2-1-3-5-13)14-8-10-23(11-9-14)20(26)18-16-12-15(24(27)28)6-7-17(16)21-22-18/h1-5,14-18,21-22H,6-12H2. The third-order valence-corrected chi connectivity index (χ3v) is 6.52. The molecule has 0 bridgehead atoms. The lowest BCUT2D eigenvalue weighted by atomic mass is 9.78. The first-order valence-corrected chi connectivity index (χ1v) is 10.1. The molecule has 3 aliphatic rings. The number of carbonyl (C=O) groups is 2. The number of rotatable bonds is 4. The molecule has 3 fully saturated rings. The highest BCUT2D eigenvalue weighted by Gasteiger charge is 2.47. The Morgan fingerprint density at radius 1 is 1.04 bits per heavy atom. The average Bonchev–Trinajstić information content (AvgIpc) is 3.16. The van der Waals surface area contributed by atoms with Crippen molar-refractivity contribution in [1.82, 2.24) is 15.8 Å². The Hall–Kier alpha value is -2.32. The summed E-state index contributed by atoms with van der Waals surface area (Å²) < 4.78 is 0.